The average molecular weight is 508 g/mol. The van der Waals surface area contributed by atoms with E-state index >= 15 is 0 Å². The Hall–Kier alpha value is -0.570. The number of aryl methyl sites for hydroxylation is 1. The highest BCUT2D eigenvalue weighted by atomic mass is 127. The third-order valence-corrected chi connectivity index (χ3v) is 4.42. The zero-order valence-corrected chi connectivity index (χ0v) is 16.0. The zero-order chi connectivity index (χ0) is 14.9. The number of ether oxygens (including phenoxy) is 1. The van der Waals surface area contributed by atoms with Crippen LogP contribution in [0, 0.1) is 0 Å². The van der Waals surface area contributed by atoms with Crippen molar-refractivity contribution in [2.24, 2.45) is 0 Å². The molecule has 0 amide bonds. The first kappa shape index (κ1) is 16.8. The third kappa shape index (κ3) is 5.61. The Morgan fingerprint density at radius 1 is 1.05 bits per heavy atom. The van der Waals surface area contributed by atoms with Crippen LogP contribution in [0.15, 0.2) is 48.7 Å². The molecule has 21 heavy (non-hydrogen) atoms. The molecule has 3 nitrogen and oxygen atoms in total. The summed E-state index contributed by atoms with van der Waals surface area (Å²) >= 11 is 4.75. The summed E-state index contributed by atoms with van der Waals surface area (Å²) in [7, 11) is 0. The molecular weight excluding hydrogens is 490 g/mol. The largest absolute Gasteiger partial charge is 0.492 e. The fourth-order valence-corrected chi connectivity index (χ4v) is 3.22. The summed E-state index contributed by atoms with van der Waals surface area (Å²) in [6.45, 7) is 1.49. The molecule has 0 N–H and O–H groups in total. The first-order valence-corrected chi connectivity index (χ1v) is 9.88. The molecule has 0 saturated heterocycles. The van der Waals surface area contributed by atoms with Crippen molar-refractivity contribution < 1.29 is 4.74 Å². The molecular formula is C16H18I2N2O. The monoisotopic (exact) mass is 508 g/mol. The molecule has 0 fully saturated rings. The number of anilines is 1. The second kappa shape index (κ2) is 9.45. The molecule has 1 aromatic carbocycles. The number of pyridine rings is 1. The summed E-state index contributed by atoms with van der Waals surface area (Å²) in [4.78, 5) is 6.57. The minimum atomic E-state index is 0.658. The Morgan fingerprint density at radius 3 is 2.48 bits per heavy atom. The van der Waals surface area contributed by atoms with Gasteiger partial charge in [0, 0.05) is 10.6 Å². The number of nitrogens with zero attached hydrogens (tertiary/aromatic N) is 2. The van der Waals surface area contributed by atoms with Crippen LogP contribution in [0.4, 0.5) is 5.82 Å². The smallest absolute Gasteiger partial charge is 0.129 e. The van der Waals surface area contributed by atoms with Crippen LogP contribution in [0.1, 0.15) is 5.56 Å². The third-order valence-electron chi connectivity index (χ3n) is 3.05. The predicted octanol–water partition coefficient (Wildman–Crippen LogP) is 4.34. The summed E-state index contributed by atoms with van der Waals surface area (Å²) < 4.78 is 7.86. The van der Waals surface area contributed by atoms with Crippen LogP contribution in [-0.4, -0.2) is 27.1 Å². The van der Waals surface area contributed by atoms with Crippen molar-refractivity contribution in [1.29, 1.82) is 0 Å². The van der Waals surface area contributed by atoms with Gasteiger partial charge in [-0.15, -0.1) is 0 Å². The lowest BCUT2D eigenvalue weighted by atomic mass is 10.2. The molecule has 0 bridgehead atoms. The Balaban J connectivity index is 1.82. The van der Waals surface area contributed by atoms with Gasteiger partial charge in [-0.25, -0.2) is 4.98 Å². The maximum atomic E-state index is 5.82. The molecule has 0 aliphatic rings. The van der Waals surface area contributed by atoms with Gasteiger partial charge in [-0.3, -0.25) is 0 Å². The molecule has 112 valence electrons. The Morgan fingerprint density at radius 2 is 1.86 bits per heavy atom. The molecule has 0 atom stereocenters. The molecule has 0 unspecified atom stereocenters. The van der Waals surface area contributed by atoms with Crippen LogP contribution in [-0.2, 0) is 6.42 Å². The highest BCUT2D eigenvalue weighted by Gasteiger charge is 2.05. The van der Waals surface area contributed by atoms with E-state index in [1.165, 1.54) is 5.56 Å². The van der Waals surface area contributed by atoms with E-state index in [2.05, 4.69) is 79.3 Å². The Bertz CT molecular complexity index is 520. The lowest BCUT2D eigenvalue weighted by Crippen LogP contribution is -2.27. The minimum absolute atomic E-state index is 0.658. The van der Waals surface area contributed by atoms with Crippen molar-refractivity contribution >= 4 is 51.0 Å². The fraction of sp³-hybridized carbons (Fsp3) is 0.312. The quantitative estimate of drug-likeness (QED) is 0.302. The normalized spacial score (nSPS) is 10.4. The summed E-state index contributed by atoms with van der Waals surface area (Å²) in [6, 6.07) is 14.4. The molecule has 0 saturated carbocycles. The number of alkyl halides is 2. The molecule has 0 spiro atoms. The summed E-state index contributed by atoms with van der Waals surface area (Å²) in [6.07, 6.45) is 2.93. The van der Waals surface area contributed by atoms with Crippen LogP contribution in [0.2, 0.25) is 0 Å². The minimum Gasteiger partial charge on any atom is -0.492 e. The van der Waals surface area contributed by atoms with E-state index in [9.17, 15) is 0 Å². The number of hydrogen-bond acceptors (Lipinski definition) is 3. The fourth-order valence-electron chi connectivity index (χ4n) is 1.91. The van der Waals surface area contributed by atoms with Crippen LogP contribution in [0.3, 0.4) is 0 Å². The summed E-state index contributed by atoms with van der Waals surface area (Å²) in [5.74, 6) is 1.93. The van der Waals surface area contributed by atoms with Gasteiger partial charge >= 0.3 is 0 Å². The van der Waals surface area contributed by atoms with Crippen LogP contribution in [0.25, 0.3) is 0 Å². The van der Waals surface area contributed by atoms with Crippen LogP contribution in [0.5, 0.6) is 5.75 Å². The first-order valence-electron chi connectivity index (χ1n) is 6.83. The summed E-state index contributed by atoms with van der Waals surface area (Å²) in [5, 5.41) is 0. The van der Waals surface area contributed by atoms with Gasteiger partial charge in [0.25, 0.3) is 0 Å². The van der Waals surface area contributed by atoms with Crippen molar-refractivity contribution in [3.8, 4) is 5.75 Å². The van der Waals surface area contributed by atoms with E-state index in [0.717, 1.165) is 33.5 Å². The molecule has 2 rings (SSSR count). The van der Waals surface area contributed by atoms with Gasteiger partial charge in [-0.2, -0.15) is 0 Å². The molecule has 5 heteroatoms. The van der Waals surface area contributed by atoms with E-state index in [0.29, 0.717) is 6.61 Å². The standard InChI is InChI=1S/C16H18I2N2O/c17-9-8-14-4-6-15(7-5-14)21-12-11-20(13-18)16-3-1-2-10-19-16/h1-7,10H,8-9,11-13H2. The van der Waals surface area contributed by atoms with Gasteiger partial charge in [0.05, 0.1) is 11.1 Å². The van der Waals surface area contributed by atoms with Crippen LogP contribution >= 0.6 is 45.2 Å². The van der Waals surface area contributed by atoms with Gasteiger partial charge < -0.3 is 9.64 Å². The number of hydrogen-bond donors (Lipinski definition) is 0. The van der Waals surface area contributed by atoms with Gasteiger partial charge in [0.1, 0.15) is 18.2 Å². The van der Waals surface area contributed by atoms with E-state index in [4.69, 9.17) is 4.74 Å². The lowest BCUT2D eigenvalue weighted by Gasteiger charge is -2.20. The zero-order valence-electron chi connectivity index (χ0n) is 11.7. The molecule has 1 aromatic heterocycles. The van der Waals surface area contributed by atoms with Crippen molar-refractivity contribution in [2.75, 3.05) is 27.0 Å². The molecule has 0 radical (unpaired) electrons. The Kier molecular flexibility index (Phi) is 7.56. The molecule has 0 aliphatic carbocycles. The van der Waals surface area contributed by atoms with E-state index in [1.54, 1.807) is 0 Å². The molecule has 1 heterocycles. The lowest BCUT2D eigenvalue weighted by molar-refractivity contribution is 0.325. The average Bonchev–Trinajstić information content (AvgIpc) is 2.54. The Labute approximate surface area is 153 Å². The highest BCUT2D eigenvalue weighted by Crippen LogP contribution is 2.14. The SMILES string of the molecule is ICCc1ccc(OCCN(CI)c2ccccn2)cc1. The number of halogens is 2. The van der Waals surface area contributed by atoms with Gasteiger partial charge in [0.2, 0.25) is 0 Å². The van der Waals surface area contributed by atoms with Crippen molar-refractivity contribution in [2.45, 2.75) is 6.42 Å². The van der Waals surface area contributed by atoms with E-state index in [1.807, 2.05) is 24.4 Å². The van der Waals surface area contributed by atoms with Crippen molar-refractivity contribution in [3.63, 3.8) is 0 Å². The van der Waals surface area contributed by atoms with Gasteiger partial charge in [-0.05, 0) is 36.2 Å². The second-order valence-corrected chi connectivity index (χ2v) is 6.26. The molecule has 0 aliphatic heterocycles. The van der Waals surface area contributed by atoms with Gasteiger partial charge in [0.15, 0.2) is 0 Å². The highest BCUT2D eigenvalue weighted by molar-refractivity contribution is 14.1. The van der Waals surface area contributed by atoms with E-state index < -0.39 is 0 Å². The van der Waals surface area contributed by atoms with Crippen molar-refractivity contribution in [3.05, 3.63) is 54.2 Å². The first-order chi connectivity index (χ1) is 10.3. The number of benzene rings is 1. The van der Waals surface area contributed by atoms with Crippen molar-refractivity contribution in [1.82, 2.24) is 4.98 Å². The second-order valence-electron chi connectivity index (χ2n) is 4.50. The predicted molar refractivity (Wildman–Crippen MR) is 105 cm³/mol. The molecule has 2 aromatic rings. The number of rotatable bonds is 8. The van der Waals surface area contributed by atoms with Crippen LogP contribution < -0.4 is 9.64 Å². The summed E-state index contributed by atoms with van der Waals surface area (Å²) in [5.41, 5.74) is 1.36. The van der Waals surface area contributed by atoms with Gasteiger partial charge in [-0.1, -0.05) is 63.4 Å². The maximum Gasteiger partial charge on any atom is 0.129 e. The number of aromatic nitrogens is 1. The van der Waals surface area contributed by atoms with E-state index in [-0.39, 0.29) is 0 Å². The topological polar surface area (TPSA) is 25.4 Å². The maximum absolute atomic E-state index is 5.82.